The van der Waals surface area contributed by atoms with Crippen molar-refractivity contribution in [3.05, 3.63) is 30.3 Å². The van der Waals surface area contributed by atoms with Crippen molar-refractivity contribution < 1.29 is 0 Å². The van der Waals surface area contributed by atoms with Crippen molar-refractivity contribution in [2.45, 2.75) is 32.1 Å². The second kappa shape index (κ2) is 6.13. The van der Waals surface area contributed by atoms with Gasteiger partial charge < -0.3 is 0 Å². The van der Waals surface area contributed by atoms with Crippen LogP contribution in [0.25, 0.3) is 0 Å². The minimum Gasteiger partial charge on any atom is -0.126 e. The molecule has 0 amide bonds. The SMILES string of the molecule is CCC(CSc1ccccc1)C(C)C. The van der Waals surface area contributed by atoms with Gasteiger partial charge >= 0.3 is 0 Å². The fourth-order valence-corrected chi connectivity index (χ4v) is 2.88. The second-order valence-corrected chi connectivity index (χ2v) is 5.13. The Morgan fingerprint density at radius 2 is 1.79 bits per heavy atom. The summed E-state index contributed by atoms with van der Waals surface area (Å²) >= 11 is 1.98. The van der Waals surface area contributed by atoms with Crippen LogP contribution in [0.15, 0.2) is 35.2 Å². The molecular formula is C13H20S. The van der Waals surface area contributed by atoms with Gasteiger partial charge in [0.25, 0.3) is 0 Å². The van der Waals surface area contributed by atoms with E-state index in [-0.39, 0.29) is 0 Å². The maximum Gasteiger partial charge on any atom is 0.00720 e. The Bertz CT molecular complexity index is 241. The van der Waals surface area contributed by atoms with Crippen LogP contribution >= 0.6 is 11.8 Å². The molecule has 0 aliphatic rings. The zero-order valence-corrected chi connectivity index (χ0v) is 10.2. The van der Waals surface area contributed by atoms with Gasteiger partial charge in [-0.25, -0.2) is 0 Å². The van der Waals surface area contributed by atoms with Crippen LogP contribution in [0.2, 0.25) is 0 Å². The van der Waals surface area contributed by atoms with E-state index in [2.05, 4.69) is 51.1 Å². The van der Waals surface area contributed by atoms with Crippen LogP contribution in [-0.4, -0.2) is 5.75 Å². The molecule has 0 aliphatic heterocycles. The average Bonchev–Trinajstić information content (AvgIpc) is 2.20. The van der Waals surface area contributed by atoms with Gasteiger partial charge in [0.1, 0.15) is 0 Å². The normalized spacial score (nSPS) is 13.1. The molecule has 1 heteroatoms. The van der Waals surface area contributed by atoms with Crippen LogP contribution in [0.1, 0.15) is 27.2 Å². The van der Waals surface area contributed by atoms with E-state index >= 15 is 0 Å². The van der Waals surface area contributed by atoms with E-state index in [0.717, 1.165) is 11.8 Å². The lowest BCUT2D eigenvalue weighted by atomic mass is 9.96. The van der Waals surface area contributed by atoms with E-state index in [9.17, 15) is 0 Å². The third-order valence-electron chi connectivity index (χ3n) is 2.67. The van der Waals surface area contributed by atoms with Crippen molar-refractivity contribution >= 4 is 11.8 Å². The first-order valence-electron chi connectivity index (χ1n) is 5.42. The summed E-state index contributed by atoms with van der Waals surface area (Å²) in [6, 6.07) is 10.7. The molecule has 0 radical (unpaired) electrons. The Hall–Kier alpha value is -0.430. The fraction of sp³-hybridized carbons (Fsp3) is 0.538. The van der Waals surface area contributed by atoms with Gasteiger partial charge in [-0.15, -0.1) is 11.8 Å². The van der Waals surface area contributed by atoms with Gasteiger partial charge in [-0.3, -0.25) is 0 Å². The fourth-order valence-electron chi connectivity index (χ4n) is 1.50. The smallest absolute Gasteiger partial charge is 0.00720 e. The van der Waals surface area contributed by atoms with E-state index in [1.807, 2.05) is 11.8 Å². The molecule has 78 valence electrons. The first-order valence-corrected chi connectivity index (χ1v) is 6.40. The van der Waals surface area contributed by atoms with E-state index in [1.54, 1.807) is 0 Å². The molecule has 1 aromatic carbocycles. The second-order valence-electron chi connectivity index (χ2n) is 4.04. The van der Waals surface area contributed by atoms with E-state index in [0.29, 0.717) is 0 Å². The molecule has 1 rings (SSSR count). The summed E-state index contributed by atoms with van der Waals surface area (Å²) in [6.07, 6.45) is 1.29. The average molecular weight is 208 g/mol. The van der Waals surface area contributed by atoms with Gasteiger partial charge in [0, 0.05) is 10.6 Å². The summed E-state index contributed by atoms with van der Waals surface area (Å²) < 4.78 is 0. The minimum atomic E-state index is 0.802. The van der Waals surface area contributed by atoms with Crippen LogP contribution < -0.4 is 0 Å². The Kier molecular flexibility index (Phi) is 5.10. The van der Waals surface area contributed by atoms with Crippen molar-refractivity contribution in [1.82, 2.24) is 0 Å². The minimum absolute atomic E-state index is 0.802. The quantitative estimate of drug-likeness (QED) is 0.644. The van der Waals surface area contributed by atoms with Crippen LogP contribution in [0.5, 0.6) is 0 Å². The number of rotatable bonds is 5. The highest BCUT2D eigenvalue weighted by Gasteiger charge is 2.10. The van der Waals surface area contributed by atoms with Crippen LogP contribution in [0, 0.1) is 11.8 Å². The van der Waals surface area contributed by atoms with E-state index in [1.165, 1.54) is 17.1 Å². The molecule has 1 aromatic rings. The zero-order valence-electron chi connectivity index (χ0n) is 9.36. The number of hydrogen-bond acceptors (Lipinski definition) is 1. The summed E-state index contributed by atoms with van der Waals surface area (Å²) in [5.41, 5.74) is 0. The standard InChI is InChI=1S/C13H20S/c1-4-12(11(2)3)10-14-13-8-6-5-7-9-13/h5-9,11-12H,4,10H2,1-3H3. The lowest BCUT2D eigenvalue weighted by Gasteiger charge is -2.18. The Morgan fingerprint density at radius 1 is 1.14 bits per heavy atom. The molecule has 0 N–H and O–H groups in total. The van der Waals surface area contributed by atoms with E-state index < -0.39 is 0 Å². The Balaban J connectivity index is 2.40. The highest BCUT2D eigenvalue weighted by atomic mass is 32.2. The van der Waals surface area contributed by atoms with E-state index in [4.69, 9.17) is 0 Å². The predicted molar refractivity (Wildman–Crippen MR) is 65.8 cm³/mol. The predicted octanol–water partition coefficient (Wildman–Crippen LogP) is 4.46. The molecule has 0 saturated carbocycles. The molecule has 14 heavy (non-hydrogen) atoms. The van der Waals surface area contributed by atoms with Gasteiger partial charge in [0.2, 0.25) is 0 Å². The molecule has 1 atom stereocenters. The topological polar surface area (TPSA) is 0 Å². The molecule has 0 aliphatic carbocycles. The molecule has 0 bridgehead atoms. The Morgan fingerprint density at radius 3 is 2.29 bits per heavy atom. The monoisotopic (exact) mass is 208 g/mol. The van der Waals surface area contributed by atoms with Crippen molar-refractivity contribution in [2.75, 3.05) is 5.75 Å². The molecule has 0 heterocycles. The third kappa shape index (κ3) is 3.75. The largest absolute Gasteiger partial charge is 0.126 e. The molecule has 0 fully saturated rings. The molecule has 0 spiro atoms. The van der Waals surface area contributed by atoms with Gasteiger partial charge in [-0.1, -0.05) is 45.4 Å². The van der Waals surface area contributed by atoms with Crippen molar-refractivity contribution in [3.8, 4) is 0 Å². The summed E-state index contributed by atoms with van der Waals surface area (Å²) in [5, 5.41) is 0. The van der Waals surface area contributed by atoms with Gasteiger partial charge in [-0.2, -0.15) is 0 Å². The molecule has 0 aromatic heterocycles. The molecule has 0 nitrogen and oxygen atoms in total. The Labute approximate surface area is 92.1 Å². The molecule has 1 unspecified atom stereocenters. The highest BCUT2D eigenvalue weighted by molar-refractivity contribution is 7.99. The number of hydrogen-bond donors (Lipinski definition) is 0. The zero-order chi connectivity index (χ0) is 10.4. The maximum absolute atomic E-state index is 2.32. The van der Waals surface area contributed by atoms with Crippen molar-refractivity contribution in [1.29, 1.82) is 0 Å². The summed E-state index contributed by atoms with van der Waals surface area (Å²) in [7, 11) is 0. The first kappa shape index (κ1) is 11.6. The van der Waals surface area contributed by atoms with Crippen LogP contribution in [-0.2, 0) is 0 Å². The highest BCUT2D eigenvalue weighted by Crippen LogP contribution is 2.25. The molecule has 0 saturated heterocycles. The number of benzene rings is 1. The van der Waals surface area contributed by atoms with Gasteiger partial charge in [0.15, 0.2) is 0 Å². The van der Waals surface area contributed by atoms with Crippen molar-refractivity contribution in [3.63, 3.8) is 0 Å². The lowest BCUT2D eigenvalue weighted by Crippen LogP contribution is -2.09. The summed E-state index contributed by atoms with van der Waals surface area (Å²) in [5.74, 6) is 2.90. The van der Waals surface area contributed by atoms with Gasteiger partial charge in [0.05, 0.1) is 0 Å². The van der Waals surface area contributed by atoms with Crippen LogP contribution in [0.4, 0.5) is 0 Å². The molecular weight excluding hydrogens is 188 g/mol. The lowest BCUT2D eigenvalue weighted by molar-refractivity contribution is 0.415. The first-order chi connectivity index (χ1) is 6.74. The van der Waals surface area contributed by atoms with Crippen LogP contribution in [0.3, 0.4) is 0 Å². The maximum atomic E-state index is 2.32. The number of thioether (sulfide) groups is 1. The van der Waals surface area contributed by atoms with Crippen molar-refractivity contribution in [2.24, 2.45) is 11.8 Å². The third-order valence-corrected chi connectivity index (χ3v) is 3.87. The van der Waals surface area contributed by atoms with Gasteiger partial charge in [-0.05, 0) is 24.0 Å². The summed E-state index contributed by atoms with van der Waals surface area (Å²) in [4.78, 5) is 1.40. The summed E-state index contributed by atoms with van der Waals surface area (Å²) in [6.45, 7) is 6.93.